The Morgan fingerprint density at radius 3 is 2.38 bits per heavy atom. The quantitative estimate of drug-likeness (QED) is 0.663. The van der Waals surface area contributed by atoms with Crippen molar-refractivity contribution in [2.45, 2.75) is 70.2 Å². The average molecular weight is 302 g/mol. The molecule has 6 nitrogen and oxygen atoms in total. The summed E-state index contributed by atoms with van der Waals surface area (Å²) in [6.07, 6.45) is 1.96. The molecule has 0 aromatic rings. The first kappa shape index (κ1) is 18.2. The molecule has 1 aliphatic carbocycles. The van der Waals surface area contributed by atoms with Crippen molar-refractivity contribution in [1.82, 2.24) is 10.6 Å². The van der Waals surface area contributed by atoms with E-state index in [4.69, 9.17) is 9.47 Å². The van der Waals surface area contributed by atoms with E-state index in [1.54, 1.807) is 14.0 Å². The van der Waals surface area contributed by atoms with Gasteiger partial charge in [0, 0.05) is 38.8 Å². The molecule has 1 atom stereocenters. The van der Waals surface area contributed by atoms with Gasteiger partial charge in [0.05, 0.1) is 5.60 Å². The number of carbonyl (C=O) groups is 1. The van der Waals surface area contributed by atoms with Gasteiger partial charge in [-0.3, -0.25) is 0 Å². The van der Waals surface area contributed by atoms with Crippen LogP contribution in [0.2, 0.25) is 0 Å². The molecule has 0 spiro atoms. The minimum Gasteiger partial charge on any atom is -0.444 e. The summed E-state index contributed by atoms with van der Waals surface area (Å²) in [5, 5.41) is 16.3. The molecule has 1 fully saturated rings. The first-order valence-electron chi connectivity index (χ1n) is 7.55. The third-order valence-electron chi connectivity index (χ3n) is 3.48. The van der Waals surface area contributed by atoms with Gasteiger partial charge in [0.2, 0.25) is 0 Å². The average Bonchev–Trinajstić information content (AvgIpc) is 2.27. The highest BCUT2D eigenvalue weighted by Crippen LogP contribution is 2.21. The number of rotatable bonds is 7. The van der Waals surface area contributed by atoms with Crippen molar-refractivity contribution in [2.75, 3.05) is 20.3 Å². The molecule has 124 valence electrons. The second kappa shape index (κ2) is 7.42. The van der Waals surface area contributed by atoms with E-state index in [1.165, 1.54) is 0 Å². The van der Waals surface area contributed by atoms with E-state index in [1.807, 2.05) is 20.8 Å². The van der Waals surface area contributed by atoms with Gasteiger partial charge in [-0.1, -0.05) is 0 Å². The predicted octanol–water partition coefficient (Wildman–Crippen LogP) is 1.42. The van der Waals surface area contributed by atoms with Crippen molar-refractivity contribution in [3.8, 4) is 0 Å². The molecule has 1 amide bonds. The molecule has 21 heavy (non-hydrogen) atoms. The Morgan fingerprint density at radius 2 is 1.86 bits per heavy atom. The molecule has 1 rings (SSSR count). The zero-order chi connectivity index (χ0) is 16.1. The smallest absolute Gasteiger partial charge is 0.407 e. The second-order valence-electron chi connectivity index (χ2n) is 7.13. The lowest BCUT2D eigenvalue weighted by Gasteiger charge is -2.38. The van der Waals surface area contributed by atoms with Gasteiger partial charge in [-0.05, 0) is 40.5 Å². The van der Waals surface area contributed by atoms with Crippen LogP contribution in [0, 0.1) is 0 Å². The van der Waals surface area contributed by atoms with Gasteiger partial charge in [0.25, 0.3) is 0 Å². The summed E-state index contributed by atoms with van der Waals surface area (Å²) in [4.78, 5) is 11.6. The van der Waals surface area contributed by atoms with Crippen LogP contribution >= 0.6 is 0 Å². The first-order chi connectivity index (χ1) is 9.61. The number of alkyl carbamates (subject to hydrolysis) is 1. The molecule has 6 heteroatoms. The maximum absolute atomic E-state index is 11.6. The Hall–Kier alpha value is -0.850. The van der Waals surface area contributed by atoms with E-state index in [0.717, 1.165) is 12.8 Å². The lowest BCUT2D eigenvalue weighted by Crippen LogP contribution is -2.55. The molecule has 1 saturated carbocycles. The molecule has 0 heterocycles. The highest BCUT2D eigenvalue weighted by atomic mass is 16.6. The zero-order valence-corrected chi connectivity index (χ0v) is 13.9. The normalized spacial score (nSPS) is 24.9. The zero-order valence-electron chi connectivity index (χ0n) is 13.9. The summed E-state index contributed by atoms with van der Waals surface area (Å²) in [6.45, 7) is 8.41. The summed E-state index contributed by atoms with van der Waals surface area (Å²) in [5.41, 5.74) is -1.23. The Morgan fingerprint density at radius 1 is 1.24 bits per heavy atom. The molecular weight excluding hydrogens is 272 g/mol. The maximum Gasteiger partial charge on any atom is 0.407 e. The summed E-state index contributed by atoms with van der Waals surface area (Å²) in [6, 6.07) is 0.486. The largest absolute Gasteiger partial charge is 0.444 e. The molecule has 0 saturated heterocycles. The molecule has 0 aliphatic heterocycles. The standard InChI is InChI=1S/C15H30N2O4/c1-14(2,3)21-13(18)17-12-8-11(9-12)16-10-15(4,19)6-7-20-5/h11-12,16,19H,6-10H2,1-5H3,(H,17,18). The van der Waals surface area contributed by atoms with Crippen molar-refractivity contribution in [3.05, 3.63) is 0 Å². The van der Waals surface area contributed by atoms with Gasteiger partial charge in [0.1, 0.15) is 5.60 Å². The Labute approximate surface area is 127 Å². The van der Waals surface area contributed by atoms with Gasteiger partial charge in [-0.25, -0.2) is 4.79 Å². The van der Waals surface area contributed by atoms with Crippen molar-refractivity contribution in [2.24, 2.45) is 0 Å². The van der Waals surface area contributed by atoms with Crippen molar-refractivity contribution in [3.63, 3.8) is 0 Å². The maximum atomic E-state index is 11.6. The van der Waals surface area contributed by atoms with Crippen LogP contribution in [0.1, 0.15) is 47.0 Å². The number of methoxy groups -OCH3 is 1. The molecular formula is C15H30N2O4. The van der Waals surface area contributed by atoms with Crippen LogP contribution in [0.5, 0.6) is 0 Å². The summed E-state index contributed by atoms with van der Waals surface area (Å²) >= 11 is 0. The highest BCUT2D eigenvalue weighted by Gasteiger charge is 2.32. The van der Waals surface area contributed by atoms with Crippen LogP contribution in [0.15, 0.2) is 0 Å². The van der Waals surface area contributed by atoms with Crippen LogP contribution < -0.4 is 10.6 Å². The van der Waals surface area contributed by atoms with E-state index < -0.39 is 11.2 Å². The third kappa shape index (κ3) is 7.64. The predicted molar refractivity (Wildman–Crippen MR) is 81.3 cm³/mol. The van der Waals surface area contributed by atoms with E-state index in [2.05, 4.69) is 10.6 Å². The highest BCUT2D eigenvalue weighted by molar-refractivity contribution is 5.68. The van der Waals surface area contributed by atoms with E-state index in [-0.39, 0.29) is 12.1 Å². The van der Waals surface area contributed by atoms with Crippen molar-refractivity contribution >= 4 is 6.09 Å². The van der Waals surface area contributed by atoms with Gasteiger partial charge < -0.3 is 25.2 Å². The number of hydrogen-bond donors (Lipinski definition) is 3. The van der Waals surface area contributed by atoms with Crippen LogP contribution in [-0.4, -0.2) is 54.7 Å². The van der Waals surface area contributed by atoms with Gasteiger partial charge in [-0.15, -0.1) is 0 Å². The van der Waals surface area contributed by atoms with E-state index >= 15 is 0 Å². The van der Waals surface area contributed by atoms with Crippen LogP contribution in [0.4, 0.5) is 4.79 Å². The second-order valence-corrected chi connectivity index (χ2v) is 7.13. The Balaban J connectivity index is 2.15. The van der Waals surface area contributed by atoms with Crippen molar-refractivity contribution < 1.29 is 19.4 Å². The molecule has 3 N–H and O–H groups in total. The number of aliphatic hydroxyl groups is 1. The fraction of sp³-hybridized carbons (Fsp3) is 0.933. The number of nitrogens with one attached hydrogen (secondary N) is 2. The number of amides is 1. The minimum absolute atomic E-state index is 0.154. The lowest BCUT2D eigenvalue weighted by atomic mass is 9.86. The SMILES string of the molecule is COCCC(C)(O)CNC1CC(NC(=O)OC(C)(C)C)C1. The van der Waals surface area contributed by atoms with Crippen LogP contribution in [0.3, 0.4) is 0 Å². The van der Waals surface area contributed by atoms with Crippen LogP contribution in [-0.2, 0) is 9.47 Å². The van der Waals surface area contributed by atoms with Gasteiger partial charge in [-0.2, -0.15) is 0 Å². The fourth-order valence-electron chi connectivity index (χ4n) is 2.15. The molecule has 1 aliphatic rings. The van der Waals surface area contributed by atoms with Crippen molar-refractivity contribution in [1.29, 1.82) is 0 Å². The van der Waals surface area contributed by atoms with Gasteiger partial charge >= 0.3 is 6.09 Å². The topological polar surface area (TPSA) is 79.8 Å². The van der Waals surface area contributed by atoms with Gasteiger partial charge in [0.15, 0.2) is 0 Å². The monoisotopic (exact) mass is 302 g/mol. The summed E-state index contributed by atoms with van der Waals surface area (Å²) < 4.78 is 10.2. The Bertz CT molecular complexity index is 333. The summed E-state index contributed by atoms with van der Waals surface area (Å²) in [7, 11) is 1.63. The molecule has 0 bridgehead atoms. The number of ether oxygens (including phenoxy) is 2. The van der Waals surface area contributed by atoms with Crippen LogP contribution in [0.25, 0.3) is 0 Å². The fourth-order valence-corrected chi connectivity index (χ4v) is 2.15. The minimum atomic E-state index is -0.764. The van der Waals surface area contributed by atoms with E-state index in [0.29, 0.717) is 25.6 Å². The third-order valence-corrected chi connectivity index (χ3v) is 3.48. The van der Waals surface area contributed by atoms with E-state index in [9.17, 15) is 9.90 Å². The first-order valence-corrected chi connectivity index (χ1v) is 7.55. The molecule has 0 radical (unpaired) electrons. The molecule has 1 unspecified atom stereocenters. The lowest BCUT2D eigenvalue weighted by molar-refractivity contribution is 0.0177. The molecule has 0 aromatic carbocycles. The number of carbonyl (C=O) groups excluding carboxylic acids is 1. The summed E-state index contributed by atoms with van der Waals surface area (Å²) in [5.74, 6) is 0. The molecule has 0 aromatic heterocycles. The number of hydrogen-bond acceptors (Lipinski definition) is 5. The Kier molecular flexibility index (Phi) is 6.43.